The van der Waals surface area contributed by atoms with Gasteiger partial charge in [-0.1, -0.05) is 85.8 Å². The first kappa shape index (κ1) is 28.0. The molecule has 4 nitrogen and oxygen atoms in total. The number of benzene rings is 3. The Kier molecular flexibility index (Phi) is 10.8. The van der Waals surface area contributed by atoms with Crippen LogP contribution in [0.5, 0.6) is 0 Å². The highest BCUT2D eigenvalue weighted by Gasteiger charge is 2.10. The maximum Gasteiger partial charge on any atom is 0.143 e. The van der Waals surface area contributed by atoms with E-state index in [4.69, 9.17) is 10.7 Å². The predicted octanol–water partition coefficient (Wildman–Crippen LogP) is 8.40. The van der Waals surface area contributed by atoms with Gasteiger partial charge in [-0.3, -0.25) is 4.99 Å². The van der Waals surface area contributed by atoms with Crippen molar-refractivity contribution < 1.29 is 0 Å². The Morgan fingerprint density at radius 3 is 2.06 bits per heavy atom. The van der Waals surface area contributed by atoms with Gasteiger partial charge in [0, 0.05) is 5.69 Å². The summed E-state index contributed by atoms with van der Waals surface area (Å²) in [6.45, 7) is 8.01. The molecule has 182 valence electrons. The Labute approximate surface area is 216 Å². The summed E-state index contributed by atoms with van der Waals surface area (Å²) >= 11 is 1.58. The minimum Gasteiger partial charge on any atom is -0.382 e. The normalized spacial score (nSPS) is 11.2. The van der Waals surface area contributed by atoms with E-state index in [9.17, 15) is 0 Å². The first-order chi connectivity index (χ1) is 16.4. The molecule has 0 aliphatic carbocycles. The highest BCUT2D eigenvalue weighted by Crippen LogP contribution is 2.26. The number of allylic oxidation sites excluding steroid dienone is 1. The van der Waals surface area contributed by atoms with Gasteiger partial charge in [-0.25, -0.2) is 4.98 Å². The molecule has 0 amide bonds. The Morgan fingerprint density at radius 1 is 0.943 bits per heavy atom. The van der Waals surface area contributed by atoms with Gasteiger partial charge in [0.05, 0.1) is 21.3 Å². The Hall–Kier alpha value is -3.27. The first-order valence-electron chi connectivity index (χ1n) is 11.0. The second-order valence-electron chi connectivity index (χ2n) is 7.77. The highest BCUT2D eigenvalue weighted by atomic mass is 32.1. The van der Waals surface area contributed by atoms with Crippen LogP contribution in [0.1, 0.15) is 42.3 Å². The number of nitrogens with zero attached hydrogens (tertiary/aromatic N) is 2. The summed E-state index contributed by atoms with van der Waals surface area (Å²) in [7, 11) is 2.46. The van der Waals surface area contributed by atoms with Gasteiger partial charge >= 0.3 is 0 Å². The molecule has 0 spiro atoms. The lowest BCUT2D eigenvalue weighted by Crippen LogP contribution is -1.98. The summed E-state index contributed by atoms with van der Waals surface area (Å²) < 4.78 is 0. The number of nitrogen functional groups attached to an aromatic ring is 1. The number of nitrogens with two attached hydrogens (primary N) is 1. The molecule has 4 aromatic rings. The van der Waals surface area contributed by atoms with Crippen LogP contribution >= 0.6 is 20.7 Å². The first-order valence-corrected chi connectivity index (χ1v) is 12.4. The van der Waals surface area contributed by atoms with Crippen molar-refractivity contribution >= 4 is 43.6 Å². The molecular weight excluding hydrogens is 467 g/mol. The van der Waals surface area contributed by atoms with Crippen LogP contribution in [0.15, 0.2) is 89.9 Å². The van der Waals surface area contributed by atoms with Crippen LogP contribution in [-0.4, -0.2) is 10.7 Å². The van der Waals surface area contributed by atoms with Gasteiger partial charge in [-0.2, -0.15) is 0 Å². The van der Waals surface area contributed by atoms with Crippen molar-refractivity contribution in [3.63, 3.8) is 0 Å². The van der Waals surface area contributed by atoms with Gasteiger partial charge in [0.1, 0.15) is 5.82 Å². The topological polar surface area (TPSA) is 63.3 Å². The summed E-state index contributed by atoms with van der Waals surface area (Å²) in [5, 5.41) is 3.93. The Bertz CT molecular complexity index is 1260. The third-order valence-electron chi connectivity index (χ3n) is 5.16. The molecule has 0 radical (unpaired) electrons. The lowest BCUT2D eigenvalue weighted by molar-refractivity contribution is 1.30. The number of anilines is 2. The second-order valence-corrected chi connectivity index (χ2v) is 9.26. The van der Waals surface area contributed by atoms with E-state index in [1.807, 2.05) is 45.0 Å². The van der Waals surface area contributed by atoms with Gasteiger partial charge in [0.25, 0.3) is 0 Å². The van der Waals surface area contributed by atoms with Crippen molar-refractivity contribution in [2.45, 2.75) is 35.1 Å². The molecule has 4 rings (SSSR count). The molecule has 0 fully saturated rings. The zero-order chi connectivity index (χ0) is 24.5. The molecule has 0 aliphatic heterocycles. The summed E-state index contributed by atoms with van der Waals surface area (Å²) in [6, 6.07) is 27.1. The third kappa shape index (κ3) is 7.88. The number of rotatable bonds is 5. The minimum atomic E-state index is 0. The van der Waals surface area contributed by atoms with Gasteiger partial charge in [0.15, 0.2) is 0 Å². The molecule has 1 aromatic heterocycles. The molecule has 3 N–H and O–H groups in total. The molecule has 3 aromatic carbocycles. The summed E-state index contributed by atoms with van der Waals surface area (Å²) in [6.07, 6.45) is 2.02. The summed E-state index contributed by atoms with van der Waals surface area (Å²) in [5.74, 6) is 0.554. The zero-order valence-corrected chi connectivity index (χ0v) is 22.0. The van der Waals surface area contributed by atoms with Crippen LogP contribution in [0.4, 0.5) is 11.5 Å². The standard InChI is InChI=1S/C21H21N3S.C7H10NP.CH4/c1-4-19(23-14(2)20-21(22)24-15(3)25-20)18-12-10-17(11-13-18)16-8-6-5-7-9-16;1-6-2-4-7(8-9)5-3-6;/h4-13H,22H2,1-3H3;2-5,8H,9H2,1H3;1H4/b19-4-,23-14?;;. The fraction of sp³-hybridized carbons (Fsp3) is 0.172. The minimum absolute atomic E-state index is 0. The number of hydrogen-bond acceptors (Lipinski definition) is 5. The maximum absolute atomic E-state index is 5.98. The van der Waals surface area contributed by atoms with E-state index in [-0.39, 0.29) is 7.43 Å². The van der Waals surface area contributed by atoms with Gasteiger partial charge in [0.2, 0.25) is 0 Å². The molecule has 0 bridgehead atoms. The van der Waals surface area contributed by atoms with Crippen LogP contribution in [0.2, 0.25) is 0 Å². The van der Waals surface area contributed by atoms with Crippen LogP contribution in [0.3, 0.4) is 0 Å². The number of nitrogens with one attached hydrogen (secondary N) is 1. The van der Waals surface area contributed by atoms with E-state index >= 15 is 0 Å². The average molecular weight is 503 g/mol. The van der Waals surface area contributed by atoms with Crippen molar-refractivity contribution in [3.05, 3.63) is 106 Å². The summed E-state index contributed by atoms with van der Waals surface area (Å²) in [5.41, 5.74) is 13.7. The van der Waals surface area contributed by atoms with Gasteiger partial charge < -0.3 is 10.8 Å². The zero-order valence-electron chi connectivity index (χ0n) is 20.0. The Morgan fingerprint density at radius 2 is 1.54 bits per heavy atom. The number of aryl methyl sites for hydroxylation is 2. The van der Waals surface area contributed by atoms with E-state index in [0.29, 0.717) is 5.82 Å². The molecule has 1 heterocycles. The number of hydrogen-bond donors (Lipinski definition) is 2. The lowest BCUT2D eigenvalue weighted by atomic mass is 10.0. The third-order valence-corrected chi connectivity index (χ3v) is 6.59. The van der Waals surface area contributed by atoms with Crippen molar-refractivity contribution in [2.24, 2.45) is 4.99 Å². The van der Waals surface area contributed by atoms with E-state index in [1.54, 1.807) is 11.3 Å². The SMILES string of the molecule is C.C/C=C(\N=C(C)c1sc(C)nc1N)c1ccc(-c2ccccc2)cc1.Cc1ccc(NP)cc1. The molecule has 6 heteroatoms. The average Bonchev–Trinajstić information content (AvgIpc) is 3.22. The van der Waals surface area contributed by atoms with Crippen molar-refractivity contribution in [1.82, 2.24) is 4.98 Å². The number of aromatic nitrogens is 1. The van der Waals surface area contributed by atoms with Crippen LogP contribution in [0, 0.1) is 13.8 Å². The number of aliphatic imine (C=N–C) groups is 1. The van der Waals surface area contributed by atoms with Crippen LogP contribution in [-0.2, 0) is 0 Å². The lowest BCUT2D eigenvalue weighted by Gasteiger charge is -2.06. The van der Waals surface area contributed by atoms with Crippen molar-refractivity contribution in [3.8, 4) is 11.1 Å². The predicted molar refractivity (Wildman–Crippen MR) is 160 cm³/mol. The monoisotopic (exact) mass is 502 g/mol. The maximum atomic E-state index is 5.98. The Balaban J connectivity index is 0.000000366. The fourth-order valence-electron chi connectivity index (χ4n) is 3.34. The molecule has 0 saturated carbocycles. The highest BCUT2D eigenvalue weighted by molar-refractivity contribution is 7.18. The van der Waals surface area contributed by atoms with Crippen molar-refractivity contribution in [2.75, 3.05) is 10.8 Å². The summed E-state index contributed by atoms with van der Waals surface area (Å²) in [4.78, 5) is 10.0. The van der Waals surface area contributed by atoms with Gasteiger partial charge in [-0.05, 0) is 65.9 Å². The molecule has 1 atom stereocenters. The van der Waals surface area contributed by atoms with E-state index < -0.39 is 0 Å². The largest absolute Gasteiger partial charge is 0.382 e. The molecular formula is C29H35N4PS. The van der Waals surface area contributed by atoms with Crippen molar-refractivity contribution in [1.29, 1.82) is 0 Å². The quantitative estimate of drug-likeness (QED) is 0.213. The smallest absolute Gasteiger partial charge is 0.143 e. The molecule has 35 heavy (non-hydrogen) atoms. The number of thiazole rings is 1. The van der Waals surface area contributed by atoms with Gasteiger partial charge in [-0.15, -0.1) is 11.3 Å². The van der Waals surface area contributed by atoms with Crippen LogP contribution < -0.4 is 10.8 Å². The second kappa shape index (κ2) is 13.6. The van der Waals surface area contributed by atoms with E-state index in [1.165, 1.54) is 16.7 Å². The fourth-order valence-corrected chi connectivity index (χ4v) is 4.32. The molecule has 0 aliphatic rings. The molecule has 0 saturated heterocycles. The van der Waals surface area contributed by atoms with E-state index in [0.717, 1.165) is 32.5 Å². The van der Waals surface area contributed by atoms with E-state index in [2.05, 4.69) is 87.0 Å². The molecule has 1 unspecified atom stereocenters. The van der Waals surface area contributed by atoms with Crippen LogP contribution in [0.25, 0.3) is 16.8 Å².